The molecule has 4 heterocycles. The van der Waals surface area contributed by atoms with Gasteiger partial charge in [0.2, 0.25) is 5.91 Å². The van der Waals surface area contributed by atoms with Gasteiger partial charge in [0, 0.05) is 82.4 Å². The molecule has 0 N–H and O–H groups in total. The van der Waals surface area contributed by atoms with Crippen LogP contribution in [0.3, 0.4) is 0 Å². The number of rotatable bonds is 13. The van der Waals surface area contributed by atoms with Crippen LogP contribution in [0.25, 0.3) is 11.3 Å². The van der Waals surface area contributed by atoms with Crippen LogP contribution in [-0.2, 0) is 40.0 Å². The number of likely N-dealkylation sites (tertiary alicyclic amines) is 2. The van der Waals surface area contributed by atoms with Gasteiger partial charge >= 0.3 is 12.1 Å². The first-order valence-corrected chi connectivity index (χ1v) is 20.4. The van der Waals surface area contributed by atoms with Crippen molar-refractivity contribution in [1.29, 1.82) is 0 Å². The van der Waals surface area contributed by atoms with Gasteiger partial charge in [-0.2, -0.15) is 0 Å². The Morgan fingerprint density at radius 3 is 2.26 bits per heavy atom. The van der Waals surface area contributed by atoms with E-state index < -0.39 is 77.2 Å². The molecule has 17 heteroatoms. The number of hydrogen-bond acceptors (Lipinski definition) is 9. The average molecular weight is 849 g/mol. The number of aromatic nitrogens is 2. The first-order chi connectivity index (χ1) is 28.9. The molecule has 0 saturated carbocycles. The molecule has 3 aliphatic rings. The second-order valence-corrected chi connectivity index (χ2v) is 16.7. The second-order valence-electron chi connectivity index (χ2n) is 16.7. The molecule has 3 aliphatic heterocycles. The van der Waals surface area contributed by atoms with Gasteiger partial charge in [0.1, 0.15) is 29.2 Å². The number of benzene rings is 2. The zero-order valence-corrected chi connectivity index (χ0v) is 34.9. The van der Waals surface area contributed by atoms with Gasteiger partial charge in [0.25, 0.3) is 17.7 Å². The van der Waals surface area contributed by atoms with Crippen LogP contribution in [0.4, 0.5) is 18.0 Å². The summed E-state index contributed by atoms with van der Waals surface area (Å²) in [5, 5.41) is 0. The molecule has 0 bridgehead atoms. The van der Waals surface area contributed by atoms with Crippen LogP contribution in [0.1, 0.15) is 71.3 Å². The highest BCUT2D eigenvalue weighted by atomic mass is 19.1. The largest absolute Gasteiger partial charge is 0.453 e. The van der Waals surface area contributed by atoms with Gasteiger partial charge in [-0.1, -0.05) is 30.3 Å². The fraction of sp³-hybridized carbons (Fsp3) is 0.477. The van der Waals surface area contributed by atoms with Crippen molar-refractivity contribution in [1.82, 2.24) is 29.2 Å². The number of amides is 5. The molecule has 6 rings (SSSR count). The molecule has 326 valence electrons. The summed E-state index contributed by atoms with van der Waals surface area (Å²) in [7, 11) is 0. The van der Waals surface area contributed by atoms with Crippen molar-refractivity contribution in [2.24, 2.45) is 11.8 Å². The Kier molecular flexibility index (Phi) is 13.7. The smallest absolute Gasteiger partial charge is 0.410 e. The summed E-state index contributed by atoms with van der Waals surface area (Å²) in [6.45, 7) is 7.48. The minimum Gasteiger partial charge on any atom is -0.453 e. The van der Waals surface area contributed by atoms with Crippen LogP contribution in [0.2, 0.25) is 0 Å². The summed E-state index contributed by atoms with van der Waals surface area (Å²) in [6, 6.07) is 11.2. The van der Waals surface area contributed by atoms with E-state index in [-0.39, 0.29) is 75.2 Å². The number of ether oxygens (including phenoxy) is 2. The Bertz CT molecular complexity index is 2150. The SMILES string of the molecule is CC(=O)O[C@@H](C)C(=O)N(C[C@@H]1CN(C(=O)OC(C)(C)C)C[C@@H]1F)[C@@H](c1nc(-c2cc(F)ccc2F)cn1Cc1ccccc1)C1CCN(C(=O)CCN2C(=O)C=CC2=O)CC1. The predicted octanol–water partition coefficient (Wildman–Crippen LogP) is 5.46. The number of imidazole rings is 1. The minimum absolute atomic E-state index is 0.0711. The van der Waals surface area contributed by atoms with Crippen molar-refractivity contribution < 1.29 is 51.4 Å². The molecular formula is C44H51F3N6O8. The van der Waals surface area contributed by atoms with E-state index in [1.807, 2.05) is 30.3 Å². The predicted molar refractivity (Wildman–Crippen MR) is 215 cm³/mol. The number of esters is 1. The molecule has 2 saturated heterocycles. The minimum atomic E-state index is -1.59. The maximum atomic E-state index is 16.2. The third-order valence-corrected chi connectivity index (χ3v) is 11.0. The number of imide groups is 1. The molecule has 0 spiro atoms. The van der Waals surface area contributed by atoms with Crippen molar-refractivity contribution in [3.8, 4) is 11.3 Å². The molecular weight excluding hydrogens is 798 g/mol. The maximum absolute atomic E-state index is 16.2. The molecule has 2 fully saturated rings. The van der Waals surface area contributed by atoms with Crippen molar-refractivity contribution in [3.63, 3.8) is 0 Å². The Morgan fingerprint density at radius 2 is 1.62 bits per heavy atom. The standard InChI is InChI=1S/C44H51F3N6O8/c1-27(60-28(2)54)42(58)53(24-31-23-51(25-35(31)47)43(59)61-44(3,4)5)40(30-15-18-49(19-16-30)37(55)17-20-52-38(56)13-14-39(52)57)41-48-36(33-21-32(45)11-12-34(33)46)26-50(41)22-29-9-7-6-8-10-29/h6-14,21,26-27,30-31,35,40H,15-20,22-25H2,1-5H3/t27-,31-,35-,40+/m0/s1. The fourth-order valence-electron chi connectivity index (χ4n) is 8.09. The van der Waals surface area contributed by atoms with Gasteiger partial charge in [0.05, 0.1) is 18.3 Å². The van der Waals surface area contributed by atoms with Crippen LogP contribution >= 0.6 is 0 Å². The number of piperidine rings is 1. The lowest BCUT2D eigenvalue weighted by atomic mass is 9.86. The van der Waals surface area contributed by atoms with E-state index in [1.165, 1.54) is 16.7 Å². The van der Waals surface area contributed by atoms with Gasteiger partial charge in [-0.3, -0.25) is 28.9 Å². The normalized spacial score (nSPS) is 19.3. The van der Waals surface area contributed by atoms with Gasteiger partial charge in [-0.15, -0.1) is 0 Å². The van der Waals surface area contributed by atoms with Crippen LogP contribution < -0.4 is 0 Å². The van der Waals surface area contributed by atoms with Crippen LogP contribution in [0.15, 0.2) is 66.9 Å². The number of halogens is 3. The summed E-state index contributed by atoms with van der Waals surface area (Å²) in [5.41, 5.74) is -0.0906. The van der Waals surface area contributed by atoms with Crippen molar-refractivity contribution in [3.05, 3.63) is 89.9 Å². The van der Waals surface area contributed by atoms with Crippen molar-refractivity contribution in [2.45, 2.75) is 84.3 Å². The Hall–Kier alpha value is -6.00. The fourth-order valence-corrected chi connectivity index (χ4v) is 8.09. The Morgan fingerprint density at radius 1 is 0.951 bits per heavy atom. The van der Waals surface area contributed by atoms with E-state index >= 15 is 8.78 Å². The number of hydrogen-bond donors (Lipinski definition) is 0. The molecule has 2 aromatic carbocycles. The maximum Gasteiger partial charge on any atom is 0.410 e. The number of alkyl halides is 1. The number of carbonyl (C=O) groups excluding carboxylic acids is 6. The summed E-state index contributed by atoms with van der Waals surface area (Å²) < 4.78 is 58.9. The zero-order valence-electron chi connectivity index (χ0n) is 34.9. The zero-order chi connectivity index (χ0) is 44.2. The molecule has 1 aromatic heterocycles. The second kappa shape index (κ2) is 18.7. The summed E-state index contributed by atoms with van der Waals surface area (Å²) >= 11 is 0. The molecule has 14 nitrogen and oxygen atoms in total. The molecule has 61 heavy (non-hydrogen) atoms. The lowest BCUT2D eigenvalue weighted by Crippen LogP contribution is -2.50. The van der Waals surface area contributed by atoms with Gasteiger partial charge < -0.3 is 28.7 Å². The lowest BCUT2D eigenvalue weighted by Gasteiger charge is -2.42. The quantitative estimate of drug-likeness (QED) is 0.162. The lowest BCUT2D eigenvalue weighted by molar-refractivity contribution is -0.160. The molecule has 0 aliphatic carbocycles. The number of carbonyl (C=O) groups is 6. The van der Waals surface area contributed by atoms with Gasteiger partial charge in [-0.05, 0) is 70.2 Å². The summed E-state index contributed by atoms with van der Waals surface area (Å²) in [5.74, 6) is -5.27. The third kappa shape index (κ3) is 10.9. The van der Waals surface area contributed by atoms with Crippen LogP contribution in [-0.4, -0.2) is 122 Å². The van der Waals surface area contributed by atoms with Crippen LogP contribution in [0, 0.1) is 23.5 Å². The Labute approximate surface area is 352 Å². The first-order valence-electron chi connectivity index (χ1n) is 20.4. The third-order valence-electron chi connectivity index (χ3n) is 11.0. The van der Waals surface area contributed by atoms with E-state index in [1.54, 1.807) is 36.4 Å². The van der Waals surface area contributed by atoms with E-state index in [0.717, 1.165) is 47.7 Å². The summed E-state index contributed by atoms with van der Waals surface area (Å²) in [4.78, 5) is 87.9. The van der Waals surface area contributed by atoms with E-state index in [2.05, 4.69) is 0 Å². The molecule has 3 aromatic rings. The molecule has 0 radical (unpaired) electrons. The Balaban J connectivity index is 1.41. The van der Waals surface area contributed by atoms with Crippen molar-refractivity contribution in [2.75, 3.05) is 39.3 Å². The monoisotopic (exact) mass is 848 g/mol. The summed E-state index contributed by atoms with van der Waals surface area (Å²) in [6.07, 6.45) is 0.704. The van der Waals surface area contributed by atoms with Crippen LogP contribution in [0.5, 0.6) is 0 Å². The highest BCUT2D eigenvalue weighted by molar-refractivity contribution is 6.13. The first kappa shape index (κ1) is 44.5. The van der Waals surface area contributed by atoms with Gasteiger partial charge in [-0.25, -0.2) is 22.9 Å². The van der Waals surface area contributed by atoms with E-state index in [0.29, 0.717) is 12.8 Å². The molecule has 4 atom stereocenters. The highest BCUT2D eigenvalue weighted by Gasteiger charge is 2.45. The number of nitrogens with zero attached hydrogens (tertiary/aromatic N) is 6. The van der Waals surface area contributed by atoms with Crippen molar-refractivity contribution >= 4 is 35.7 Å². The van der Waals surface area contributed by atoms with E-state index in [4.69, 9.17) is 14.5 Å². The topological polar surface area (TPSA) is 152 Å². The van der Waals surface area contributed by atoms with Gasteiger partial charge in [0.15, 0.2) is 6.10 Å². The average Bonchev–Trinajstić information content (AvgIpc) is 3.89. The molecule has 0 unspecified atom stereocenters. The molecule has 5 amide bonds. The highest BCUT2D eigenvalue weighted by Crippen LogP contribution is 2.39. The van der Waals surface area contributed by atoms with E-state index in [9.17, 15) is 33.2 Å².